The highest BCUT2D eigenvalue weighted by Crippen LogP contribution is 2.53. The molecule has 5 nitrogen and oxygen atoms in total. The topological polar surface area (TPSA) is 63.4 Å². The van der Waals surface area contributed by atoms with E-state index in [1.54, 1.807) is 23.1 Å². The van der Waals surface area contributed by atoms with Crippen molar-refractivity contribution in [1.29, 1.82) is 0 Å². The molecule has 1 aromatic carbocycles. The smallest absolute Gasteiger partial charge is 0.229 e. The molecule has 3 heterocycles. The Bertz CT molecular complexity index is 950. The minimum Gasteiger partial charge on any atom is -0.356 e. The second-order valence-corrected chi connectivity index (χ2v) is 9.67. The third-order valence-electron chi connectivity index (χ3n) is 6.44. The summed E-state index contributed by atoms with van der Waals surface area (Å²) in [4.78, 5) is 28.4. The highest BCUT2D eigenvalue weighted by molar-refractivity contribution is 6.11. The van der Waals surface area contributed by atoms with Gasteiger partial charge in [-0.1, -0.05) is 32.9 Å². The molecule has 3 atom stereocenters. The highest BCUT2D eigenvalue weighted by Gasteiger charge is 2.68. The maximum atomic E-state index is 13.7. The molecule has 2 fully saturated rings. The number of fused-ring (bicyclic) bond motifs is 1. The summed E-state index contributed by atoms with van der Waals surface area (Å²) in [5.41, 5.74) is 0.0910. The third kappa shape index (κ3) is 3.36. The van der Waals surface area contributed by atoms with Crippen molar-refractivity contribution in [3.8, 4) is 11.3 Å². The fourth-order valence-corrected chi connectivity index (χ4v) is 5.30. The fourth-order valence-electron chi connectivity index (χ4n) is 5.30. The average molecular weight is 413 g/mol. The van der Waals surface area contributed by atoms with Gasteiger partial charge in [0.2, 0.25) is 11.7 Å². The van der Waals surface area contributed by atoms with Gasteiger partial charge in [-0.25, -0.2) is 4.39 Å². The molecular formula is C24H29FN2O3. The summed E-state index contributed by atoms with van der Waals surface area (Å²) in [6.45, 7) is 9.14. The maximum absolute atomic E-state index is 13.7. The number of hydrogen-bond acceptors (Lipinski definition) is 4. The van der Waals surface area contributed by atoms with Crippen LogP contribution in [0.3, 0.4) is 0 Å². The minimum absolute atomic E-state index is 0.0885. The lowest BCUT2D eigenvalue weighted by atomic mass is 9.66. The molecule has 0 saturated carbocycles. The van der Waals surface area contributed by atoms with E-state index in [1.807, 2.05) is 0 Å². The van der Waals surface area contributed by atoms with Gasteiger partial charge in [0.05, 0.1) is 5.92 Å². The molecule has 2 saturated heterocycles. The Morgan fingerprint density at radius 2 is 1.87 bits per heavy atom. The van der Waals surface area contributed by atoms with Gasteiger partial charge in [0.25, 0.3) is 0 Å². The fraction of sp³-hybridized carbons (Fsp3) is 0.542. The van der Waals surface area contributed by atoms with Gasteiger partial charge in [-0.3, -0.25) is 9.59 Å². The monoisotopic (exact) mass is 412 g/mol. The molecule has 0 spiro atoms. The van der Waals surface area contributed by atoms with Gasteiger partial charge in [-0.2, -0.15) is 0 Å². The summed E-state index contributed by atoms with van der Waals surface area (Å²) in [5.74, 6) is 0.895. The summed E-state index contributed by atoms with van der Waals surface area (Å²) >= 11 is 0. The largest absolute Gasteiger partial charge is 0.356 e. The summed E-state index contributed by atoms with van der Waals surface area (Å²) < 4.78 is 18.6. The Morgan fingerprint density at radius 3 is 2.50 bits per heavy atom. The van der Waals surface area contributed by atoms with Crippen LogP contribution in [0, 0.1) is 29.5 Å². The van der Waals surface area contributed by atoms with Gasteiger partial charge < -0.3 is 9.42 Å². The van der Waals surface area contributed by atoms with E-state index >= 15 is 0 Å². The first kappa shape index (κ1) is 20.8. The van der Waals surface area contributed by atoms with Crippen LogP contribution in [0.5, 0.6) is 0 Å². The zero-order valence-electron chi connectivity index (χ0n) is 18.0. The Kier molecular flexibility index (Phi) is 5.28. The number of hydrogen-bond donors (Lipinski definition) is 0. The average Bonchev–Trinajstić information content (AvgIpc) is 3.30. The molecule has 0 radical (unpaired) electrons. The first-order valence-electron chi connectivity index (χ1n) is 10.8. The number of benzene rings is 1. The molecule has 1 aromatic heterocycles. The van der Waals surface area contributed by atoms with Gasteiger partial charge in [-0.15, -0.1) is 0 Å². The lowest BCUT2D eigenvalue weighted by Gasteiger charge is -2.53. The van der Waals surface area contributed by atoms with Crippen molar-refractivity contribution < 1.29 is 18.5 Å². The summed E-state index contributed by atoms with van der Waals surface area (Å²) in [6.07, 6.45) is 2.37. The van der Waals surface area contributed by atoms with Gasteiger partial charge in [-0.05, 0) is 61.3 Å². The summed E-state index contributed by atoms with van der Waals surface area (Å²) in [7, 11) is 0. The van der Waals surface area contributed by atoms with Crippen LogP contribution in [0.4, 0.5) is 4.39 Å². The van der Waals surface area contributed by atoms with E-state index in [0.717, 1.165) is 6.42 Å². The van der Waals surface area contributed by atoms with Crippen molar-refractivity contribution in [2.24, 2.45) is 23.7 Å². The molecule has 0 N–H and O–H groups in total. The number of carbonyl (C=O) groups is 2. The van der Waals surface area contributed by atoms with Crippen molar-refractivity contribution in [2.75, 3.05) is 6.54 Å². The number of carbonyl (C=O) groups excluding carboxylic acids is 2. The zero-order chi connectivity index (χ0) is 21.6. The van der Waals surface area contributed by atoms with E-state index in [9.17, 15) is 14.0 Å². The molecule has 30 heavy (non-hydrogen) atoms. The minimum atomic E-state index is -0.808. The second-order valence-electron chi connectivity index (χ2n) is 9.67. The predicted molar refractivity (Wildman–Crippen MR) is 111 cm³/mol. The van der Waals surface area contributed by atoms with Crippen LogP contribution in [0.15, 0.2) is 34.9 Å². The standard InChI is InChI=1S/C24H29FN2O3/c1-14(2)9-16-12-24(19(10-15(3)4)23(29)27(24)13-16)22(28)20-11-21(30-26-20)17-5-7-18(25)8-6-17/h5-8,11,14-16,19H,9-10,12-13H2,1-4H3/t16?,19-,24?/m1/s1. The van der Waals surface area contributed by atoms with Crippen molar-refractivity contribution in [3.63, 3.8) is 0 Å². The second kappa shape index (κ2) is 7.64. The number of Topliss-reactive ketones (excluding diaryl/α,β-unsaturated/α-hetero) is 1. The number of β-lactam (4-membered cyclic amide) rings is 1. The normalized spacial score (nSPS) is 25.7. The molecule has 160 valence electrons. The Balaban J connectivity index is 1.65. The van der Waals surface area contributed by atoms with Crippen molar-refractivity contribution in [3.05, 3.63) is 41.8 Å². The highest BCUT2D eigenvalue weighted by atomic mass is 19.1. The third-order valence-corrected chi connectivity index (χ3v) is 6.44. The Labute approximate surface area is 176 Å². The number of ketones is 1. The van der Waals surface area contributed by atoms with Crippen molar-refractivity contribution in [2.45, 2.75) is 52.5 Å². The van der Waals surface area contributed by atoms with Crippen LogP contribution >= 0.6 is 0 Å². The maximum Gasteiger partial charge on any atom is 0.229 e. The van der Waals surface area contributed by atoms with Crippen molar-refractivity contribution in [1.82, 2.24) is 10.1 Å². The molecule has 0 aliphatic carbocycles. The van der Waals surface area contributed by atoms with E-state index in [2.05, 4.69) is 32.9 Å². The first-order chi connectivity index (χ1) is 14.2. The predicted octanol–water partition coefficient (Wildman–Crippen LogP) is 4.97. The molecule has 2 unspecified atom stereocenters. The molecule has 4 rings (SSSR count). The van der Waals surface area contributed by atoms with Crippen LogP contribution in [0.1, 0.15) is 57.4 Å². The van der Waals surface area contributed by atoms with Crippen LogP contribution in [0.25, 0.3) is 11.3 Å². The zero-order valence-corrected chi connectivity index (χ0v) is 18.0. The quantitative estimate of drug-likeness (QED) is 0.476. The number of rotatable bonds is 7. The summed E-state index contributed by atoms with van der Waals surface area (Å²) in [6, 6.07) is 7.50. The molecule has 2 aliphatic rings. The van der Waals surface area contributed by atoms with Crippen LogP contribution in [-0.2, 0) is 4.79 Å². The number of nitrogens with zero attached hydrogens (tertiary/aromatic N) is 2. The Hall–Kier alpha value is -2.50. The molecule has 2 aromatic rings. The molecule has 0 bridgehead atoms. The van der Waals surface area contributed by atoms with Gasteiger partial charge >= 0.3 is 0 Å². The van der Waals surface area contributed by atoms with E-state index < -0.39 is 5.54 Å². The van der Waals surface area contributed by atoms with Crippen molar-refractivity contribution >= 4 is 11.7 Å². The van der Waals surface area contributed by atoms with Crippen LogP contribution in [-0.4, -0.2) is 33.8 Å². The van der Waals surface area contributed by atoms with E-state index in [1.165, 1.54) is 12.1 Å². The summed E-state index contributed by atoms with van der Waals surface area (Å²) in [5, 5.41) is 4.04. The van der Waals surface area contributed by atoms with E-state index in [-0.39, 0.29) is 29.1 Å². The molecule has 2 aliphatic heterocycles. The van der Waals surface area contributed by atoms with Gasteiger partial charge in [0, 0.05) is 18.2 Å². The number of aromatic nitrogens is 1. The van der Waals surface area contributed by atoms with Gasteiger partial charge in [0.15, 0.2) is 11.5 Å². The number of halogens is 1. The van der Waals surface area contributed by atoms with Gasteiger partial charge in [0.1, 0.15) is 11.4 Å². The lowest BCUT2D eigenvalue weighted by Crippen LogP contribution is -2.71. The van der Waals surface area contributed by atoms with Crippen LogP contribution in [0.2, 0.25) is 0 Å². The molecule has 1 amide bonds. The number of amides is 1. The van der Waals surface area contributed by atoms with E-state index in [4.69, 9.17) is 4.52 Å². The first-order valence-corrected chi connectivity index (χ1v) is 10.8. The van der Waals surface area contributed by atoms with Crippen LogP contribution < -0.4 is 0 Å². The SMILES string of the molecule is CC(C)CC1CN2C(=O)[C@@H](CC(C)C)C2(C(=O)c2cc(-c3ccc(F)cc3)on2)C1. The Morgan fingerprint density at radius 1 is 1.20 bits per heavy atom. The molecular weight excluding hydrogens is 383 g/mol. The van der Waals surface area contributed by atoms with E-state index in [0.29, 0.717) is 48.5 Å². The molecule has 6 heteroatoms. The lowest BCUT2D eigenvalue weighted by molar-refractivity contribution is -0.161.